The highest BCUT2D eigenvalue weighted by Crippen LogP contribution is 2.31. The highest BCUT2D eigenvalue weighted by molar-refractivity contribution is 7.89. The van der Waals surface area contributed by atoms with Gasteiger partial charge in [0.15, 0.2) is 0 Å². The fraction of sp³-hybridized carbons (Fsp3) is 0.304. The van der Waals surface area contributed by atoms with Gasteiger partial charge in [0, 0.05) is 42.8 Å². The van der Waals surface area contributed by atoms with Gasteiger partial charge in [0.1, 0.15) is 5.82 Å². The number of para-hydroxylation sites is 1. The number of rotatable bonds is 7. The molecule has 1 aliphatic rings. The molecule has 0 spiro atoms. The van der Waals surface area contributed by atoms with E-state index < -0.39 is 15.8 Å². The highest BCUT2D eigenvalue weighted by atomic mass is 32.2. The van der Waals surface area contributed by atoms with Gasteiger partial charge in [-0.1, -0.05) is 24.3 Å². The summed E-state index contributed by atoms with van der Waals surface area (Å²) in [6.07, 6.45) is 0. The Hall–Kier alpha value is -2.26. The van der Waals surface area contributed by atoms with Crippen LogP contribution in [0.4, 0.5) is 10.1 Å². The van der Waals surface area contributed by atoms with Crippen molar-refractivity contribution in [2.24, 2.45) is 0 Å². The molecule has 0 radical (unpaired) electrons. The zero-order valence-corrected chi connectivity index (χ0v) is 18.9. The Morgan fingerprint density at radius 1 is 0.935 bits per heavy atom. The van der Waals surface area contributed by atoms with Crippen molar-refractivity contribution >= 4 is 27.0 Å². The summed E-state index contributed by atoms with van der Waals surface area (Å²) >= 11 is 1.63. The van der Waals surface area contributed by atoms with Crippen LogP contribution < -0.4 is 9.62 Å². The van der Waals surface area contributed by atoms with E-state index in [1.165, 1.54) is 30.0 Å². The van der Waals surface area contributed by atoms with E-state index in [4.69, 9.17) is 0 Å². The van der Waals surface area contributed by atoms with Crippen LogP contribution in [0, 0.1) is 5.82 Å². The molecule has 1 aliphatic heterocycles. The number of halogens is 1. The summed E-state index contributed by atoms with van der Waals surface area (Å²) in [5.41, 5.74) is 1.21. The number of thiophene rings is 1. The second-order valence-electron chi connectivity index (χ2n) is 7.68. The maximum Gasteiger partial charge on any atom is 0.240 e. The second-order valence-corrected chi connectivity index (χ2v) is 10.4. The molecule has 2 aromatic carbocycles. The quantitative estimate of drug-likeness (QED) is 0.578. The van der Waals surface area contributed by atoms with Gasteiger partial charge < -0.3 is 4.90 Å². The number of benzene rings is 2. The number of hydrogen-bond acceptors (Lipinski definition) is 5. The number of sulfonamides is 1. The maximum atomic E-state index is 13.2. The molecule has 2 heterocycles. The summed E-state index contributed by atoms with van der Waals surface area (Å²) in [5, 5.41) is 2.02. The minimum absolute atomic E-state index is 0.0691. The van der Waals surface area contributed by atoms with Crippen LogP contribution >= 0.6 is 11.3 Å². The lowest BCUT2D eigenvalue weighted by atomic mass is 10.1. The molecule has 0 aliphatic carbocycles. The van der Waals surface area contributed by atoms with Crippen LogP contribution in [-0.2, 0) is 10.0 Å². The van der Waals surface area contributed by atoms with Gasteiger partial charge in [-0.05, 0) is 54.8 Å². The molecule has 1 fully saturated rings. The normalized spacial score (nSPS) is 17.4. The summed E-state index contributed by atoms with van der Waals surface area (Å²) in [4.78, 5) is 5.90. The van der Waals surface area contributed by atoms with Crippen LogP contribution in [-0.4, -0.2) is 45.5 Å². The first kappa shape index (κ1) is 22.0. The third-order valence-electron chi connectivity index (χ3n) is 5.60. The molecular formula is C23H26FN3O2S2. The van der Waals surface area contributed by atoms with Crippen molar-refractivity contribution in [3.05, 3.63) is 82.8 Å². The second kappa shape index (κ2) is 9.48. The number of nitrogens with one attached hydrogen (secondary N) is 1. The Kier molecular flexibility index (Phi) is 6.71. The molecule has 4 rings (SSSR count). The Labute approximate surface area is 187 Å². The van der Waals surface area contributed by atoms with Crippen molar-refractivity contribution in [1.29, 1.82) is 0 Å². The van der Waals surface area contributed by atoms with Gasteiger partial charge in [0.25, 0.3) is 0 Å². The summed E-state index contributed by atoms with van der Waals surface area (Å²) in [7, 11) is -3.75. The zero-order chi connectivity index (χ0) is 21.8. The third kappa shape index (κ3) is 5.15. The molecule has 1 N–H and O–H groups in total. The van der Waals surface area contributed by atoms with Crippen LogP contribution in [0.3, 0.4) is 0 Å². The molecule has 2 atom stereocenters. The molecule has 0 unspecified atom stereocenters. The molecule has 3 aromatic rings. The number of nitrogens with zero attached hydrogens (tertiary/aromatic N) is 2. The smallest absolute Gasteiger partial charge is 0.240 e. The standard InChI is InChI=1S/C23H26FN3O2S2/c1-18(25-31(28,29)21-11-9-19(24)10-12-21)23(22-8-5-17-30-22)27-15-13-26(14-16-27)20-6-3-2-4-7-20/h2-12,17-18,23,25H,13-16H2,1H3/t18-,23+/m0/s1. The minimum Gasteiger partial charge on any atom is -0.369 e. The Bertz CT molecular complexity index is 1070. The van der Waals surface area contributed by atoms with E-state index in [2.05, 4.69) is 32.7 Å². The van der Waals surface area contributed by atoms with Crippen LogP contribution in [0.15, 0.2) is 77.0 Å². The first-order chi connectivity index (χ1) is 14.9. The minimum atomic E-state index is -3.75. The maximum absolute atomic E-state index is 13.2. The molecule has 1 aromatic heterocycles. The van der Waals surface area contributed by atoms with Crippen LogP contribution in [0.1, 0.15) is 17.8 Å². The fourth-order valence-electron chi connectivity index (χ4n) is 4.09. The molecule has 1 saturated heterocycles. The predicted octanol–water partition coefficient (Wildman–Crippen LogP) is 4.12. The van der Waals surface area contributed by atoms with Gasteiger partial charge in [-0.15, -0.1) is 11.3 Å². The molecular weight excluding hydrogens is 433 g/mol. The lowest BCUT2D eigenvalue weighted by Crippen LogP contribution is -2.52. The van der Waals surface area contributed by atoms with Gasteiger partial charge in [0.2, 0.25) is 10.0 Å². The number of hydrogen-bond donors (Lipinski definition) is 1. The van der Waals surface area contributed by atoms with Gasteiger partial charge in [-0.2, -0.15) is 0 Å². The van der Waals surface area contributed by atoms with Crippen molar-refractivity contribution in [3.63, 3.8) is 0 Å². The predicted molar refractivity (Wildman–Crippen MR) is 123 cm³/mol. The molecule has 164 valence electrons. The summed E-state index contributed by atoms with van der Waals surface area (Å²) in [6.45, 7) is 5.32. The van der Waals surface area contributed by atoms with Crippen molar-refractivity contribution in [1.82, 2.24) is 9.62 Å². The number of anilines is 1. The Balaban J connectivity index is 1.50. The largest absolute Gasteiger partial charge is 0.369 e. The number of piperazine rings is 1. The molecule has 0 bridgehead atoms. The van der Waals surface area contributed by atoms with Crippen LogP contribution in [0.25, 0.3) is 0 Å². The lowest BCUT2D eigenvalue weighted by Gasteiger charge is -2.42. The molecule has 5 nitrogen and oxygen atoms in total. The average Bonchev–Trinajstić information content (AvgIpc) is 3.29. The average molecular weight is 460 g/mol. The van der Waals surface area contributed by atoms with E-state index >= 15 is 0 Å². The van der Waals surface area contributed by atoms with E-state index in [0.29, 0.717) is 0 Å². The third-order valence-corrected chi connectivity index (χ3v) is 8.12. The molecule has 0 amide bonds. The SMILES string of the molecule is C[C@H](NS(=O)(=O)c1ccc(F)cc1)[C@H](c1cccs1)N1CCN(c2ccccc2)CC1. The van der Waals surface area contributed by atoms with E-state index in [9.17, 15) is 12.8 Å². The molecule has 31 heavy (non-hydrogen) atoms. The first-order valence-corrected chi connectivity index (χ1v) is 12.7. The molecule has 8 heteroatoms. The van der Waals surface area contributed by atoms with E-state index in [1.54, 1.807) is 11.3 Å². The first-order valence-electron chi connectivity index (χ1n) is 10.3. The summed E-state index contributed by atoms with van der Waals surface area (Å²) in [5.74, 6) is -0.459. The van der Waals surface area contributed by atoms with Crippen molar-refractivity contribution in [2.75, 3.05) is 31.1 Å². The van der Waals surface area contributed by atoms with Crippen molar-refractivity contribution in [2.45, 2.75) is 23.9 Å². The van der Waals surface area contributed by atoms with E-state index in [0.717, 1.165) is 31.1 Å². The van der Waals surface area contributed by atoms with E-state index in [-0.39, 0.29) is 17.0 Å². The van der Waals surface area contributed by atoms with Gasteiger partial charge >= 0.3 is 0 Å². The fourth-order valence-corrected chi connectivity index (χ4v) is 6.30. The van der Waals surface area contributed by atoms with Crippen LogP contribution in [0.2, 0.25) is 0 Å². The lowest BCUT2D eigenvalue weighted by molar-refractivity contribution is 0.164. The summed E-state index contributed by atoms with van der Waals surface area (Å²) in [6, 6.07) is 18.9. The molecule has 0 saturated carbocycles. The monoisotopic (exact) mass is 459 g/mol. The van der Waals surface area contributed by atoms with Gasteiger partial charge in [0.05, 0.1) is 10.9 Å². The highest BCUT2D eigenvalue weighted by Gasteiger charge is 2.32. The summed E-state index contributed by atoms with van der Waals surface area (Å²) < 4.78 is 41.8. The van der Waals surface area contributed by atoms with Gasteiger partial charge in [-0.3, -0.25) is 4.90 Å². The zero-order valence-electron chi connectivity index (χ0n) is 17.3. The van der Waals surface area contributed by atoms with Crippen LogP contribution in [0.5, 0.6) is 0 Å². The van der Waals surface area contributed by atoms with Crippen molar-refractivity contribution < 1.29 is 12.8 Å². The van der Waals surface area contributed by atoms with Crippen molar-refractivity contribution in [3.8, 4) is 0 Å². The van der Waals surface area contributed by atoms with Gasteiger partial charge in [-0.25, -0.2) is 17.5 Å². The Morgan fingerprint density at radius 2 is 1.61 bits per heavy atom. The Morgan fingerprint density at radius 3 is 2.23 bits per heavy atom. The van der Waals surface area contributed by atoms with E-state index in [1.807, 2.05) is 36.6 Å². The topological polar surface area (TPSA) is 52.7 Å².